The Morgan fingerprint density at radius 1 is 1.20 bits per heavy atom. The largest absolute Gasteiger partial charge is 0.477 e. The van der Waals surface area contributed by atoms with E-state index in [0.717, 1.165) is 12.8 Å². The quantitative estimate of drug-likeness (QED) is 0.412. The summed E-state index contributed by atoms with van der Waals surface area (Å²) < 4.78 is 7.29. The Morgan fingerprint density at radius 2 is 2.06 bits per heavy atom. The Balaban J connectivity index is 1.58. The third-order valence-electron chi connectivity index (χ3n) is 5.73. The normalized spacial score (nSPS) is 15.5. The van der Waals surface area contributed by atoms with Crippen LogP contribution in [0.5, 0.6) is 5.88 Å². The Hall–Kier alpha value is -3.76. The van der Waals surface area contributed by atoms with Crippen LogP contribution in [0.1, 0.15) is 23.2 Å². The molecule has 1 aliphatic rings. The topological polar surface area (TPSA) is 123 Å². The summed E-state index contributed by atoms with van der Waals surface area (Å²) in [5.41, 5.74) is -0.882. The number of fused-ring (bicyclic) bond motifs is 1. The number of carboxylic acid groups (broad SMARTS) is 1. The zero-order valence-corrected chi connectivity index (χ0v) is 19.6. The maximum atomic E-state index is 12.9. The van der Waals surface area contributed by atoms with Gasteiger partial charge in [-0.1, -0.05) is 23.2 Å². The average Bonchev–Trinajstić information content (AvgIpc) is 3.32. The lowest BCUT2D eigenvalue weighted by molar-refractivity contribution is 0.0695. The van der Waals surface area contributed by atoms with Gasteiger partial charge in [0, 0.05) is 31.3 Å². The van der Waals surface area contributed by atoms with E-state index < -0.39 is 17.0 Å². The highest BCUT2D eigenvalue weighted by atomic mass is 35.5. The van der Waals surface area contributed by atoms with Crippen LogP contribution in [0.4, 0.5) is 5.82 Å². The Bertz CT molecular complexity index is 1480. The van der Waals surface area contributed by atoms with E-state index in [0.29, 0.717) is 35.7 Å². The first-order valence-electron chi connectivity index (χ1n) is 10.7. The summed E-state index contributed by atoms with van der Waals surface area (Å²) in [6, 6.07) is 4.81. The number of hydrogen-bond acceptors (Lipinski definition) is 8. The lowest BCUT2D eigenvalue weighted by Gasteiger charge is -2.27. The van der Waals surface area contributed by atoms with Crippen molar-refractivity contribution in [1.82, 2.24) is 24.5 Å². The standard InChI is InChI=1S/C23H18Cl2N6O4/c24-16-4-1-5-28-22(16)35-12-13-3-2-8-30(13)21-17(25)9-14-19(32)15(23(33)34)11-31(20(14)29-21)18-10-26-6-7-27-18/h1,4-7,9-11,13H,2-3,8,12H2,(H,33,34). The molecule has 0 radical (unpaired) electrons. The minimum absolute atomic E-state index is 0.0643. The summed E-state index contributed by atoms with van der Waals surface area (Å²) in [6.07, 6.45) is 8.93. The summed E-state index contributed by atoms with van der Waals surface area (Å²) in [7, 11) is 0. The van der Waals surface area contributed by atoms with Crippen LogP contribution in [0.3, 0.4) is 0 Å². The first-order chi connectivity index (χ1) is 16.9. The molecule has 4 aromatic rings. The van der Waals surface area contributed by atoms with Crippen molar-refractivity contribution in [3.05, 3.63) is 75.0 Å². The number of halogens is 2. The second kappa shape index (κ2) is 9.47. The van der Waals surface area contributed by atoms with E-state index in [9.17, 15) is 14.7 Å². The van der Waals surface area contributed by atoms with Crippen molar-refractivity contribution in [3.8, 4) is 11.7 Å². The molecular weight excluding hydrogens is 495 g/mol. The second-order valence-corrected chi connectivity index (χ2v) is 8.68. The maximum Gasteiger partial charge on any atom is 0.341 e. The summed E-state index contributed by atoms with van der Waals surface area (Å²) in [4.78, 5) is 43.8. The predicted molar refractivity (Wildman–Crippen MR) is 130 cm³/mol. The molecule has 35 heavy (non-hydrogen) atoms. The predicted octanol–water partition coefficient (Wildman–Crippen LogP) is 3.62. The van der Waals surface area contributed by atoms with E-state index in [4.69, 9.17) is 32.9 Å². The van der Waals surface area contributed by atoms with Gasteiger partial charge >= 0.3 is 5.97 Å². The molecule has 0 amide bonds. The number of pyridine rings is 3. The van der Waals surface area contributed by atoms with Crippen LogP contribution in [-0.2, 0) is 0 Å². The number of aromatic carboxylic acids is 1. The zero-order valence-electron chi connectivity index (χ0n) is 18.1. The molecule has 10 nitrogen and oxygen atoms in total. The van der Waals surface area contributed by atoms with Crippen molar-refractivity contribution < 1.29 is 14.6 Å². The van der Waals surface area contributed by atoms with Crippen LogP contribution in [0.15, 0.2) is 54.0 Å². The Labute approximate surface area is 208 Å². The minimum Gasteiger partial charge on any atom is -0.477 e. The molecule has 1 saturated heterocycles. The fraction of sp³-hybridized carbons (Fsp3) is 0.217. The molecule has 0 aromatic carbocycles. The summed E-state index contributed by atoms with van der Waals surface area (Å²) in [5, 5.41) is 10.3. The van der Waals surface area contributed by atoms with Crippen LogP contribution in [0, 0.1) is 0 Å². The van der Waals surface area contributed by atoms with Gasteiger partial charge in [0.1, 0.15) is 23.0 Å². The van der Waals surface area contributed by atoms with Gasteiger partial charge in [0.15, 0.2) is 11.5 Å². The van der Waals surface area contributed by atoms with Gasteiger partial charge in [0.05, 0.1) is 22.6 Å². The van der Waals surface area contributed by atoms with Crippen LogP contribution in [0.25, 0.3) is 16.9 Å². The number of rotatable bonds is 6. The van der Waals surface area contributed by atoms with Crippen LogP contribution in [-0.4, -0.2) is 54.8 Å². The molecule has 0 bridgehead atoms. The lowest BCUT2D eigenvalue weighted by Crippen LogP contribution is -2.35. The van der Waals surface area contributed by atoms with Gasteiger partial charge < -0.3 is 14.7 Å². The lowest BCUT2D eigenvalue weighted by atomic mass is 10.2. The monoisotopic (exact) mass is 512 g/mol. The average molecular weight is 513 g/mol. The van der Waals surface area contributed by atoms with Gasteiger partial charge in [-0.15, -0.1) is 0 Å². The molecule has 178 valence electrons. The van der Waals surface area contributed by atoms with Crippen molar-refractivity contribution in [1.29, 1.82) is 0 Å². The smallest absolute Gasteiger partial charge is 0.341 e. The maximum absolute atomic E-state index is 12.9. The number of ether oxygens (including phenoxy) is 1. The van der Waals surface area contributed by atoms with E-state index in [2.05, 4.69) is 15.0 Å². The second-order valence-electron chi connectivity index (χ2n) is 7.87. The Morgan fingerprint density at radius 3 is 2.80 bits per heavy atom. The highest BCUT2D eigenvalue weighted by Crippen LogP contribution is 2.33. The summed E-state index contributed by atoms with van der Waals surface area (Å²) in [6.45, 7) is 0.979. The third kappa shape index (κ3) is 4.38. The van der Waals surface area contributed by atoms with Gasteiger partial charge in [0.2, 0.25) is 11.3 Å². The van der Waals surface area contributed by atoms with Crippen molar-refractivity contribution in [2.75, 3.05) is 18.1 Å². The van der Waals surface area contributed by atoms with Gasteiger partial charge in [0.25, 0.3) is 0 Å². The van der Waals surface area contributed by atoms with Crippen molar-refractivity contribution in [2.24, 2.45) is 0 Å². The third-order valence-corrected chi connectivity index (χ3v) is 6.29. The van der Waals surface area contributed by atoms with E-state index in [1.807, 2.05) is 4.90 Å². The minimum atomic E-state index is -1.36. The van der Waals surface area contributed by atoms with E-state index in [1.54, 1.807) is 18.3 Å². The summed E-state index contributed by atoms with van der Waals surface area (Å²) >= 11 is 12.8. The van der Waals surface area contributed by atoms with E-state index in [1.165, 1.54) is 35.4 Å². The fourth-order valence-electron chi connectivity index (χ4n) is 4.10. The van der Waals surface area contributed by atoms with Crippen LogP contribution in [0.2, 0.25) is 10.0 Å². The molecule has 0 spiro atoms. The molecule has 5 heterocycles. The van der Waals surface area contributed by atoms with Crippen LogP contribution >= 0.6 is 23.2 Å². The molecule has 0 saturated carbocycles. The first kappa shape index (κ1) is 23.0. The number of nitrogens with zero attached hydrogens (tertiary/aromatic N) is 6. The molecule has 12 heteroatoms. The van der Waals surface area contributed by atoms with Gasteiger partial charge in [-0.05, 0) is 31.0 Å². The van der Waals surface area contributed by atoms with Crippen molar-refractivity contribution >= 4 is 46.0 Å². The highest BCUT2D eigenvalue weighted by Gasteiger charge is 2.30. The van der Waals surface area contributed by atoms with Gasteiger partial charge in [-0.2, -0.15) is 0 Å². The fourth-order valence-corrected chi connectivity index (χ4v) is 4.53. The Kier molecular flexibility index (Phi) is 6.23. The van der Waals surface area contributed by atoms with Gasteiger partial charge in [-0.25, -0.2) is 19.7 Å². The summed E-state index contributed by atoms with van der Waals surface area (Å²) in [5.74, 6) is -0.250. The SMILES string of the molecule is O=C(O)c1cn(-c2cnccn2)c2nc(N3CCCC3COc3ncccc3Cl)c(Cl)cc2c1=O. The first-order valence-corrected chi connectivity index (χ1v) is 11.4. The molecule has 1 aliphatic heterocycles. The van der Waals surface area contributed by atoms with Gasteiger partial charge in [-0.3, -0.25) is 14.3 Å². The van der Waals surface area contributed by atoms with E-state index >= 15 is 0 Å². The molecule has 1 atom stereocenters. The molecular formula is C23H18Cl2N6O4. The number of carboxylic acids is 1. The van der Waals surface area contributed by atoms with Crippen LogP contribution < -0.4 is 15.1 Å². The number of hydrogen-bond donors (Lipinski definition) is 1. The zero-order chi connectivity index (χ0) is 24.5. The van der Waals surface area contributed by atoms with E-state index in [-0.39, 0.29) is 22.1 Å². The number of anilines is 1. The molecule has 1 fully saturated rings. The van der Waals surface area contributed by atoms with Crippen molar-refractivity contribution in [3.63, 3.8) is 0 Å². The number of carbonyl (C=O) groups is 1. The van der Waals surface area contributed by atoms with Crippen molar-refractivity contribution in [2.45, 2.75) is 18.9 Å². The molecule has 1 unspecified atom stereocenters. The number of aromatic nitrogens is 5. The molecule has 5 rings (SSSR count). The highest BCUT2D eigenvalue weighted by molar-refractivity contribution is 6.33. The molecule has 0 aliphatic carbocycles. The molecule has 1 N–H and O–H groups in total. The molecule has 4 aromatic heterocycles.